The molecule has 2 aromatic heterocycles. The van der Waals surface area contributed by atoms with Gasteiger partial charge in [0.1, 0.15) is 5.58 Å². The van der Waals surface area contributed by atoms with Gasteiger partial charge < -0.3 is 10.2 Å². The van der Waals surface area contributed by atoms with E-state index < -0.39 is 0 Å². The van der Waals surface area contributed by atoms with Gasteiger partial charge in [-0.2, -0.15) is 5.10 Å². The quantitative estimate of drug-likeness (QED) is 0.730. The van der Waals surface area contributed by atoms with Crippen molar-refractivity contribution in [1.82, 2.24) is 9.78 Å². The summed E-state index contributed by atoms with van der Waals surface area (Å²) in [5, 5.41) is 5.37. The standard InChI is InChI=1S/C13H13N3O/c1-16-7-6-11(15-16)13(14)10-8-17-12-5-3-2-4-9(10)12/h2-8,13H,14H2,1H3. The molecular weight excluding hydrogens is 214 g/mol. The van der Waals surface area contributed by atoms with Crippen molar-refractivity contribution in [1.29, 1.82) is 0 Å². The van der Waals surface area contributed by atoms with Crippen LogP contribution in [0, 0.1) is 0 Å². The number of furan rings is 1. The number of hydrogen-bond acceptors (Lipinski definition) is 3. The number of aryl methyl sites for hydroxylation is 1. The maximum Gasteiger partial charge on any atom is 0.134 e. The van der Waals surface area contributed by atoms with Gasteiger partial charge in [-0.1, -0.05) is 18.2 Å². The Labute approximate surface area is 98.6 Å². The fraction of sp³-hybridized carbons (Fsp3) is 0.154. The normalized spacial score (nSPS) is 13.1. The fourth-order valence-electron chi connectivity index (χ4n) is 2.00. The average molecular weight is 227 g/mol. The van der Waals surface area contributed by atoms with Crippen molar-refractivity contribution in [3.8, 4) is 0 Å². The Balaban J connectivity index is 2.09. The number of nitrogens with zero attached hydrogens (tertiary/aromatic N) is 2. The number of rotatable bonds is 2. The molecule has 86 valence electrons. The predicted octanol–water partition coefficient (Wildman–Crippen LogP) is 2.21. The lowest BCUT2D eigenvalue weighted by Crippen LogP contribution is -2.12. The van der Waals surface area contributed by atoms with Gasteiger partial charge in [-0.3, -0.25) is 4.68 Å². The highest BCUT2D eigenvalue weighted by molar-refractivity contribution is 5.81. The first-order valence-electron chi connectivity index (χ1n) is 5.47. The third kappa shape index (κ3) is 1.62. The number of fused-ring (bicyclic) bond motifs is 1. The summed E-state index contributed by atoms with van der Waals surface area (Å²) in [4.78, 5) is 0. The molecule has 0 spiro atoms. The molecule has 0 aliphatic heterocycles. The Kier molecular flexibility index (Phi) is 2.23. The van der Waals surface area contributed by atoms with Gasteiger partial charge in [-0.05, 0) is 12.1 Å². The molecule has 2 heterocycles. The minimum Gasteiger partial charge on any atom is -0.464 e. The molecule has 0 aliphatic carbocycles. The highest BCUT2D eigenvalue weighted by Crippen LogP contribution is 2.27. The molecule has 2 N–H and O–H groups in total. The Hall–Kier alpha value is -2.07. The molecule has 1 aromatic carbocycles. The minimum atomic E-state index is -0.250. The van der Waals surface area contributed by atoms with Gasteiger partial charge in [0.2, 0.25) is 0 Å². The van der Waals surface area contributed by atoms with Crippen LogP contribution in [0.5, 0.6) is 0 Å². The van der Waals surface area contributed by atoms with E-state index >= 15 is 0 Å². The van der Waals surface area contributed by atoms with Crippen molar-refractivity contribution in [3.63, 3.8) is 0 Å². The molecule has 0 bridgehead atoms. The van der Waals surface area contributed by atoms with E-state index in [0.717, 1.165) is 22.2 Å². The van der Waals surface area contributed by atoms with Crippen LogP contribution >= 0.6 is 0 Å². The van der Waals surface area contributed by atoms with E-state index in [9.17, 15) is 0 Å². The molecule has 3 aromatic rings. The lowest BCUT2D eigenvalue weighted by atomic mass is 10.0. The van der Waals surface area contributed by atoms with E-state index in [1.165, 1.54) is 0 Å². The molecule has 17 heavy (non-hydrogen) atoms. The summed E-state index contributed by atoms with van der Waals surface area (Å²) >= 11 is 0. The monoisotopic (exact) mass is 227 g/mol. The third-order valence-corrected chi connectivity index (χ3v) is 2.90. The summed E-state index contributed by atoms with van der Waals surface area (Å²) < 4.78 is 7.23. The zero-order chi connectivity index (χ0) is 11.8. The zero-order valence-electron chi connectivity index (χ0n) is 9.50. The molecule has 0 fully saturated rings. The summed E-state index contributed by atoms with van der Waals surface area (Å²) in [7, 11) is 1.88. The number of para-hydroxylation sites is 1. The van der Waals surface area contributed by atoms with Gasteiger partial charge >= 0.3 is 0 Å². The van der Waals surface area contributed by atoms with Gasteiger partial charge in [-0.15, -0.1) is 0 Å². The van der Waals surface area contributed by atoms with E-state index in [-0.39, 0.29) is 6.04 Å². The zero-order valence-corrected chi connectivity index (χ0v) is 9.50. The summed E-state index contributed by atoms with van der Waals surface area (Å²) in [6.07, 6.45) is 3.60. The largest absolute Gasteiger partial charge is 0.464 e. The van der Waals surface area contributed by atoms with Crippen molar-refractivity contribution in [3.05, 3.63) is 54.0 Å². The number of nitrogens with two attached hydrogens (primary N) is 1. The SMILES string of the molecule is Cn1ccc(C(N)c2coc3ccccc23)n1. The van der Waals surface area contributed by atoms with Crippen LogP contribution < -0.4 is 5.73 Å². The average Bonchev–Trinajstić information content (AvgIpc) is 2.94. The van der Waals surface area contributed by atoms with Gasteiger partial charge in [0, 0.05) is 24.2 Å². The van der Waals surface area contributed by atoms with E-state index in [1.54, 1.807) is 10.9 Å². The van der Waals surface area contributed by atoms with Crippen LogP contribution in [0.2, 0.25) is 0 Å². The van der Waals surface area contributed by atoms with Crippen molar-refractivity contribution >= 4 is 11.0 Å². The molecular formula is C13H13N3O. The summed E-state index contributed by atoms with van der Waals surface area (Å²) in [5.41, 5.74) is 8.88. The fourth-order valence-corrected chi connectivity index (χ4v) is 2.00. The Morgan fingerprint density at radius 1 is 1.29 bits per heavy atom. The molecule has 3 rings (SSSR count). The molecule has 4 heteroatoms. The number of benzene rings is 1. The van der Waals surface area contributed by atoms with Crippen molar-refractivity contribution in [2.45, 2.75) is 6.04 Å². The molecule has 0 amide bonds. The molecule has 1 atom stereocenters. The first kappa shape index (κ1) is 10.1. The Morgan fingerprint density at radius 2 is 2.12 bits per heavy atom. The highest BCUT2D eigenvalue weighted by atomic mass is 16.3. The van der Waals surface area contributed by atoms with E-state index in [0.29, 0.717) is 0 Å². The van der Waals surface area contributed by atoms with Gasteiger partial charge in [-0.25, -0.2) is 0 Å². The maximum atomic E-state index is 6.20. The minimum absolute atomic E-state index is 0.250. The Bertz CT molecular complexity index is 653. The molecule has 0 saturated carbocycles. The van der Waals surface area contributed by atoms with Crippen LogP contribution in [0.15, 0.2) is 47.2 Å². The first-order valence-corrected chi connectivity index (χ1v) is 5.47. The van der Waals surface area contributed by atoms with Crippen molar-refractivity contribution in [2.75, 3.05) is 0 Å². The second kappa shape index (κ2) is 3.75. The Morgan fingerprint density at radius 3 is 2.88 bits per heavy atom. The second-order valence-corrected chi connectivity index (χ2v) is 4.08. The van der Waals surface area contributed by atoms with Crippen LogP contribution in [0.4, 0.5) is 0 Å². The maximum absolute atomic E-state index is 6.20. The van der Waals surface area contributed by atoms with Crippen LogP contribution in [0.25, 0.3) is 11.0 Å². The van der Waals surface area contributed by atoms with Crippen molar-refractivity contribution < 1.29 is 4.42 Å². The van der Waals surface area contributed by atoms with Crippen molar-refractivity contribution in [2.24, 2.45) is 12.8 Å². The van der Waals surface area contributed by atoms with Crippen LogP contribution in [-0.4, -0.2) is 9.78 Å². The molecule has 4 nitrogen and oxygen atoms in total. The molecule has 0 saturated heterocycles. The van der Waals surface area contributed by atoms with Crippen LogP contribution in [-0.2, 0) is 7.05 Å². The topological polar surface area (TPSA) is 57.0 Å². The first-order chi connectivity index (χ1) is 8.25. The predicted molar refractivity (Wildman–Crippen MR) is 65.5 cm³/mol. The molecule has 0 radical (unpaired) electrons. The van der Waals surface area contributed by atoms with Crippen LogP contribution in [0.1, 0.15) is 17.3 Å². The lowest BCUT2D eigenvalue weighted by molar-refractivity contribution is 0.605. The number of hydrogen-bond donors (Lipinski definition) is 1. The van der Waals surface area contributed by atoms with E-state index in [2.05, 4.69) is 5.10 Å². The summed E-state index contributed by atoms with van der Waals surface area (Å²) in [6, 6.07) is 9.54. The molecule has 1 unspecified atom stereocenters. The van der Waals surface area contributed by atoms with Gasteiger partial charge in [0.05, 0.1) is 18.0 Å². The third-order valence-electron chi connectivity index (χ3n) is 2.90. The number of aromatic nitrogens is 2. The molecule has 0 aliphatic rings. The van der Waals surface area contributed by atoms with E-state index in [4.69, 9.17) is 10.2 Å². The smallest absolute Gasteiger partial charge is 0.134 e. The van der Waals surface area contributed by atoms with Gasteiger partial charge in [0.25, 0.3) is 0 Å². The van der Waals surface area contributed by atoms with Gasteiger partial charge in [0.15, 0.2) is 0 Å². The summed E-state index contributed by atoms with van der Waals surface area (Å²) in [6.45, 7) is 0. The highest BCUT2D eigenvalue weighted by Gasteiger charge is 2.16. The second-order valence-electron chi connectivity index (χ2n) is 4.08. The van der Waals surface area contributed by atoms with E-state index in [1.807, 2.05) is 43.6 Å². The summed E-state index contributed by atoms with van der Waals surface area (Å²) in [5.74, 6) is 0. The lowest BCUT2D eigenvalue weighted by Gasteiger charge is -2.06. The van der Waals surface area contributed by atoms with Crippen LogP contribution in [0.3, 0.4) is 0 Å².